The Morgan fingerprint density at radius 1 is 0.744 bits per heavy atom. The van der Waals surface area contributed by atoms with E-state index in [0.29, 0.717) is 35.8 Å². The van der Waals surface area contributed by atoms with Gasteiger partial charge in [0.2, 0.25) is 0 Å². The Kier molecular flexibility index (Phi) is 15.9. The molecule has 0 atom stereocenters. The molecular formula is C29H38N2O12. The Balaban J connectivity index is 0.000000434. The van der Waals surface area contributed by atoms with Crippen LogP contribution in [0.2, 0.25) is 0 Å². The fourth-order valence-electron chi connectivity index (χ4n) is 3.30. The first-order valence-electron chi connectivity index (χ1n) is 12.9. The molecule has 2 aromatic carbocycles. The van der Waals surface area contributed by atoms with Gasteiger partial charge in [-0.1, -0.05) is 12.7 Å². The lowest BCUT2D eigenvalue weighted by atomic mass is 10.1. The van der Waals surface area contributed by atoms with Crippen LogP contribution in [0.25, 0.3) is 0 Å². The molecular weight excluding hydrogens is 568 g/mol. The molecule has 0 bridgehead atoms. The largest absolute Gasteiger partial charge is 0.493 e. The summed E-state index contributed by atoms with van der Waals surface area (Å²) in [4.78, 5) is 44.8. The minimum Gasteiger partial charge on any atom is -0.493 e. The van der Waals surface area contributed by atoms with E-state index in [1.54, 1.807) is 0 Å². The highest BCUT2D eigenvalue weighted by Crippen LogP contribution is 2.33. The van der Waals surface area contributed by atoms with E-state index >= 15 is 0 Å². The monoisotopic (exact) mass is 606 g/mol. The van der Waals surface area contributed by atoms with E-state index in [2.05, 4.69) is 16.1 Å². The van der Waals surface area contributed by atoms with Gasteiger partial charge in [-0.15, -0.1) is 0 Å². The van der Waals surface area contributed by atoms with Crippen LogP contribution in [-0.4, -0.2) is 77.2 Å². The van der Waals surface area contributed by atoms with Crippen LogP contribution in [0.4, 0.5) is 11.4 Å². The average Bonchev–Trinajstić information content (AvgIpc) is 2.99. The minimum atomic E-state index is -0.888. The van der Waals surface area contributed by atoms with Gasteiger partial charge in [0.05, 0.1) is 64.2 Å². The molecule has 0 unspecified atom stereocenters. The summed E-state index contributed by atoms with van der Waals surface area (Å²) in [6, 6.07) is 5.81. The summed E-state index contributed by atoms with van der Waals surface area (Å²) in [6.45, 7) is 4.14. The lowest BCUT2D eigenvalue weighted by Gasteiger charge is -2.13. The van der Waals surface area contributed by atoms with E-state index in [0.717, 1.165) is 0 Å². The zero-order valence-corrected chi connectivity index (χ0v) is 24.6. The molecule has 0 spiro atoms. The minimum absolute atomic E-state index is 0.0119. The molecule has 43 heavy (non-hydrogen) atoms. The number of carbonyl (C=O) groups excluding carboxylic acids is 3. The number of ether oxygens (including phenoxy) is 7. The van der Waals surface area contributed by atoms with Crippen LogP contribution in [0.15, 0.2) is 36.9 Å². The Labute approximate surface area is 249 Å². The normalized spacial score (nSPS) is 9.86. The zero-order chi connectivity index (χ0) is 32.4. The topological polar surface area (TPSA) is 205 Å². The van der Waals surface area contributed by atoms with Gasteiger partial charge in [-0.3, -0.25) is 9.59 Å². The van der Waals surface area contributed by atoms with Crippen LogP contribution in [0.5, 0.6) is 23.0 Å². The van der Waals surface area contributed by atoms with E-state index in [4.69, 9.17) is 40.3 Å². The van der Waals surface area contributed by atoms with Gasteiger partial charge in [-0.25, -0.2) is 9.59 Å². The lowest BCUT2D eigenvalue weighted by molar-refractivity contribution is -0.142. The van der Waals surface area contributed by atoms with Crippen molar-refractivity contribution in [1.82, 2.24) is 0 Å². The van der Waals surface area contributed by atoms with Gasteiger partial charge in [0.1, 0.15) is 6.61 Å². The summed E-state index contributed by atoms with van der Waals surface area (Å²) in [5, 5.41) is 8.53. The van der Waals surface area contributed by atoms with Gasteiger partial charge < -0.3 is 49.7 Å². The van der Waals surface area contributed by atoms with Gasteiger partial charge in [-0.2, -0.15) is 0 Å². The molecule has 14 nitrogen and oxygen atoms in total. The maximum absolute atomic E-state index is 11.6. The Morgan fingerprint density at radius 3 is 1.56 bits per heavy atom. The molecule has 0 saturated heterocycles. The third-order valence-electron chi connectivity index (χ3n) is 5.42. The number of methoxy groups -OCH3 is 4. The number of rotatable bonds is 16. The SMILES string of the molecule is C=CCOC(=O)CCCOc1cc(N)c(C(=O)OC)cc1OC.COC(=O)c1cc(OC)c(OCCCC(=O)O)cc1N. The number of aliphatic carboxylic acids is 1. The van der Waals surface area contributed by atoms with Crippen molar-refractivity contribution in [3.63, 3.8) is 0 Å². The molecule has 2 rings (SSSR count). The number of carboxylic acids is 1. The standard InChI is InChI=1S/C16H21NO6.C13H17NO6/c1-4-7-23-15(18)6-5-8-22-14-10-12(17)11(16(19)21-3)9-13(14)20-2;1-18-10-6-8(13(17)19-2)9(14)7-11(10)20-5-3-4-12(15)16/h4,9-10H,1,5-8,17H2,2-3H3;6-7H,3-5,14H2,1-2H3,(H,15,16). The first-order chi connectivity index (χ1) is 20.5. The van der Waals surface area contributed by atoms with Crippen LogP contribution >= 0.6 is 0 Å². The molecule has 0 saturated carbocycles. The number of benzene rings is 2. The number of nitrogens with two attached hydrogens (primary N) is 2. The number of hydrogen-bond acceptors (Lipinski definition) is 13. The Bertz CT molecular complexity index is 1260. The quantitative estimate of drug-likeness (QED) is 0.0825. The number of nitrogen functional groups attached to an aromatic ring is 2. The molecule has 0 aliphatic carbocycles. The van der Waals surface area contributed by atoms with Crippen LogP contribution in [0.1, 0.15) is 46.4 Å². The predicted molar refractivity (Wildman–Crippen MR) is 156 cm³/mol. The highest BCUT2D eigenvalue weighted by molar-refractivity contribution is 5.96. The van der Waals surface area contributed by atoms with Crippen LogP contribution in [0.3, 0.4) is 0 Å². The first-order valence-corrected chi connectivity index (χ1v) is 12.9. The third-order valence-corrected chi connectivity index (χ3v) is 5.42. The van der Waals surface area contributed by atoms with Crippen molar-refractivity contribution in [2.75, 3.05) is 59.7 Å². The predicted octanol–water partition coefficient (Wildman–Crippen LogP) is 3.26. The zero-order valence-electron chi connectivity index (χ0n) is 24.6. The summed E-state index contributed by atoms with van der Waals surface area (Å²) in [5.74, 6) is -0.915. The fourth-order valence-corrected chi connectivity index (χ4v) is 3.30. The second-order valence-corrected chi connectivity index (χ2v) is 8.43. The van der Waals surface area contributed by atoms with E-state index in [9.17, 15) is 19.2 Å². The third kappa shape index (κ3) is 12.1. The number of carboxylic acid groups (broad SMARTS) is 1. The summed E-state index contributed by atoms with van der Waals surface area (Å²) >= 11 is 0. The van der Waals surface area contributed by atoms with E-state index < -0.39 is 17.9 Å². The Hall–Kier alpha value is -5.14. The van der Waals surface area contributed by atoms with E-state index in [1.807, 2.05) is 0 Å². The smallest absolute Gasteiger partial charge is 0.340 e. The molecule has 5 N–H and O–H groups in total. The van der Waals surface area contributed by atoms with E-state index in [-0.39, 0.29) is 61.1 Å². The number of anilines is 2. The number of esters is 3. The second kappa shape index (κ2) is 19.1. The van der Waals surface area contributed by atoms with Crippen molar-refractivity contribution in [3.05, 3.63) is 48.0 Å². The molecule has 0 amide bonds. The lowest BCUT2D eigenvalue weighted by Crippen LogP contribution is -2.09. The second-order valence-electron chi connectivity index (χ2n) is 8.43. The van der Waals surface area contributed by atoms with Crippen LogP contribution in [-0.2, 0) is 23.8 Å². The van der Waals surface area contributed by atoms with Gasteiger partial charge in [-0.05, 0) is 12.8 Å². The van der Waals surface area contributed by atoms with Crippen LogP contribution < -0.4 is 30.4 Å². The molecule has 14 heteroatoms. The molecule has 2 aromatic rings. The maximum atomic E-state index is 11.6. The van der Waals surface area contributed by atoms with Crippen molar-refractivity contribution >= 4 is 35.3 Å². The molecule has 236 valence electrons. The van der Waals surface area contributed by atoms with Crippen LogP contribution in [0, 0.1) is 0 Å². The summed E-state index contributed by atoms with van der Waals surface area (Å²) in [7, 11) is 5.40. The summed E-state index contributed by atoms with van der Waals surface area (Å²) < 4.78 is 35.3. The van der Waals surface area contributed by atoms with Crippen molar-refractivity contribution in [1.29, 1.82) is 0 Å². The number of carbonyl (C=O) groups is 4. The summed E-state index contributed by atoms with van der Waals surface area (Å²) in [5.41, 5.74) is 12.4. The molecule has 0 aromatic heterocycles. The van der Waals surface area contributed by atoms with Crippen molar-refractivity contribution in [3.8, 4) is 23.0 Å². The molecule has 0 fully saturated rings. The molecule has 0 aliphatic heterocycles. The Morgan fingerprint density at radius 2 is 1.19 bits per heavy atom. The first kappa shape index (κ1) is 35.9. The average molecular weight is 607 g/mol. The van der Waals surface area contributed by atoms with Gasteiger partial charge >= 0.3 is 23.9 Å². The van der Waals surface area contributed by atoms with Crippen molar-refractivity contribution in [2.45, 2.75) is 25.7 Å². The van der Waals surface area contributed by atoms with Crippen molar-refractivity contribution < 1.29 is 57.4 Å². The van der Waals surface area contributed by atoms with Crippen molar-refractivity contribution in [2.24, 2.45) is 0 Å². The van der Waals surface area contributed by atoms with Gasteiger partial charge in [0.15, 0.2) is 23.0 Å². The summed E-state index contributed by atoms with van der Waals surface area (Å²) in [6.07, 6.45) is 2.57. The molecule has 0 radical (unpaired) electrons. The molecule has 0 heterocycles. The van der Waals surface area contributed by atoms with Gasteiger partial charge in [0, 0.05) is 37.1 Å². The number of hydrogen-bond donors (Lipinski definition) is 3. The highest BCUT2D eigenvalue weighted by Gasteiger charge is 2.17. The van der Waals surface area contributed by atoms with Gasteiger partial charge in [0.25, 0.3) is 0 Å². The van der Waals surface area contributed by atoms with E-state index in [1.165, 1.54) is 58.8 Å². The fraction of sp³-hybridized carbons (Fsp3) is 0.379. The maximum Gasteiger partial charge on any atom is 0.340 e. The molecule has 0 aliphatic rings. The highest BCUT2D eigenvalue weighted by atomic mass is 16.5.